The van der Waals surface area contributed by atoms with E-state index in [-0.39, 0.29) is 0 Å². The fourth-order valence-corrected chi connectivity index (χ4v) is 2.25. The van der Waals surface area contributed by atoms with Crippen LogP contribution >= 0.6 is 0 Å². The van der Waals surface area contributed by atoms with Gasteiger partial charge in [-0.25, -0.2) is 4.98 Å². The van der Waals surface area contributed by atoms with Crippen molar-refractivity contribution in [2.45, 2.75) is 18.8 Å². The average Bonchev–Trinajstić information content (AvgIpc) is 2.74. The molecule has 0 spiro atoms. The minimum atomic E-state index is 0.561. The molecule has 0 amide bonds. The Hall–Kier alpha value is -1.35. The van der Waals surface area contributed by atoms with Crippen molar-refractivity contribution in [2.24, 2.45) is 0 Å². The number of aromatic amines is 1. The SMILES string of the molecule is c1ccc2[nH]c([C@@H]3CCCNC3)nc2c1. The Balaban J connectivity index is 1.96. The standard InChI is InChI=1S/C12H15N3/c1-2-6-11-10(5-1)14-12(15-11)9-4-3-7-13-8-9/h1-2,5-6,9,13H,3-4,7-8H2,(H,14,15)/t9-/m1/s1. The van der Waals surface area contributed by atoms with Crippen molar-refractivity contribution >= 4 is 11.0 Å². The van der Waals surface area contributed by atoms with E-state index in [1.807, 2.05) is 12.1 Å². The van der Waals surface area contributed by atoms with E-state index in [0.29, 0.717) is 5.92 Å². The molecule has 1 fully saturated rings. The van der Waals surface area contributed by atoms with E-state index in [9.17, 15) is 0 Å². The molecule has 2 N–H and O–H groups in total. The van der Waals surface area contributed by atoms with Gasteiger partial charge < -0.3 is 10.3 Å². The average molecular weight is 201 g/mol. The van der Waals surface area contributed by atoms with Gasteiger partial charge in [0.1, 0.15) is 5.82 Å². The summed E-state index contributed by atoms with van der Waals surface area (Å²) in [6.45, 7) is 2.20. The molecule has 3 heteroatoms. The number of fused-ring (bicyclic) bond motifs is 1. The first-order valence-corrected chi connectivity index (χ1v) is 5.59. The Morgan fingerprint density at radius 1 is 1.27 bits per heavy atom. The second-order valence-corrected chi connectivity index (χ2v) is 4.18. The number of benzene rings is 1. The molecule has 2 heterocycles. The van der Waals surface area contributed by atoms with Crippen molar-refractivity contribution in [3.8, 4) is 0 Å². The molecule has 1 aliphatic heterocycles. The van der Waals surface area contributed by atoms with Crippen LogP contribution in [0.15, 0.2) is 24.3 Å². The van der Waals surface area contributed by atoms with Gasteiger partial charge >= 0.3 is 0 Å². The zero-order valence-corrected chi connectivity index (χ0v) is 8.66. The third-order valence-electron chi connectivity index (χ3n) is 3.09. The Bertz CT molecular complexity index is 422. The van der Waals surface area contributed by atoms with E-state index >= 15 is 0 Å². The molecule has 15 heavy (non-hydrogen) atoms. The minimum Gasteiger partial charge on any atom is -0.342 e. The van der Waals surface area contributed by atoms with Crippen LogP contribution in [-0.2, 0) is 0 Å². The number of H-pyrrole nitrogens is 1. The van der Waals surface area contributed by atoms with Crippen molar-refractivity contribution in [2.75, 3.05) is 13.1 Å². The summed E-state index contributed by atoms with van der Waals surface area (Å²) in [6, 6.07) is 8.23. The van der Waals surface area contributed by atoms with Crippen LogP contribution in [0, 0.1) is 0 Å². The van der Waals surface area contributed by atoms with Crippen LogP contribution in [-0.4, -0.2) is 23.1 Å². The molecule has 1 atom stereocenters. The van der Waals surface area contributed by atoms with E-state index in [0.717, 1.165) is 29.9 Å². The molecular formula is C12H15N3. The molecule has 2 aromatic rings. The van der Waals surface area contributed by atoms with Crippen LogP contribution in [0.5, 0.6) is 0 Å². The highest BCUT2D eigenvalue weighted by Crippen LogP contribution is 2.22. The predicted octanol–water partition coefficient (Wildman–Crippen LogP) is 2.03. The fraction of sp³-hybridized carbons (Fsp3) is 0.417. The van der Waals surface area contributed by atoms with Gasteiger partial charge in [0.05, 0.1) is 11.0 Å². The van der Waals surface area contributed by atoms with Crippen LogP contribution in [0.3, 0.4) is 0 Å². The van der Waals surface area contributed by atoms with Gasteiger partial charge in [-0.3, -0.25) is 0 Å². The summed E-state index contributed by atoms with van der Waals surface area (Å²) in [5.41, 5.74) is 2.23. The topological polar surface area (TPSA) is 40.7 Å². The molecule has 3 nitrogen and oxygen atoms in total. The number of imidazole rings is 1. The van der Waals surface area contributed by atoms with E-state index in [1.54, 1.807) is 0 Å². The van der Waals surface area contributed by atoms with Crippen LogP contribution in [0.1, 0.15) is 24.6 Å². The van der Waals surface area contributed by atoms with Gasteiger partial charge in [0, 0.05) is 12.5 Å². The summed E-state index contributed by atoms with van der Waals surface area (Å²) in [4.78, 5) is 8.06. The van der Waals surface area contributed by atoms with E-state index < -0.39 is 0 Å². The lowest BCUT2D eigenvalue weighted by molar-refractivity contribution is 0.449. The first-order chi connectivity index (χ1) is 7.43. The largest absolute Gasteiger partial charge is 0.342 e. The van der Waals surface area contributed by atoms with Gasteiger partial charge in [-0.2, -0.15) is 0 Å². The smallest absolute Gasteiger partial charge is 0.111 e. The molecule has 0 unspecified atom stereocenters. The summed E-state index contributed by atoms with van der Waals surface area (Å²) in [5.74, 6) is 1.70. The summed E-state index contributed by atoms with van der Waals surface area (Å²) >= 11 is 0. The van der Waals surface area contributed by atoms with E-state index in [2.05, 4.69) is 27.4 Å². The summed E-state index contributed by atoms with van der Waals surface area (Å²) in [7, 11) is 0. The molecule has 0 aliphatic carbocycles. The summed E-state index contributed by atoms with van der Waals surface area (Å²) < 4.78 is 0. The molecule has 0 bridgehead atoms. The normalized spacial score (nSPS) is 22.0. The molecule has 3 rings (SSSR count). The number of hydrogen-bond donors (Lipinski definition) is 2. The lowest BCUT2D eigenvalue weighted by Gasteiger charge is -2.20. The van der Waals surface area contributed by atoms with Gasteiger partial charge in [0.2, 0.25) is 0 Å². The van der Waals surface area contributed by atoms with Crippen LogP contribution in [0.4, 0.5) is 0 Å². The highest BCUT2D eigenvalue weighted by molar-refractivity contribution is 5.74. The van der Waals surface area contributed by atoms with Crippen LogP contribution < -0.4 is 5.32 Å². The van der Waals surface area contributed by atoms with Gasteiger partial charge in [0.15, 0.2) is 0 Å². The third kappa shape index (κ3) is 1.63. The number of hydrogen-bond acceptors (Lipinski definition) is 2. The lowest BCUT2D eigenvalue weighted by Crippen LogP contribution is -2.28. The van der Waals surface area contributed by atoms with Crippen molar-refractivity contribution < 1.29 is 0 Å². The van der Waals surface area contributed by atoms with Gasteiger partial charge in [0.25, 0.3) is 0 Å². The number of para-hydroxylation sites is 2. The van der Waals surface area contributed by atoms with Crippen molar-refractivity contribution in [3.63, 3.8) is 0 Å². The van der Waals surface area contributed by atoms with E-state index in [4.69, 9.17) is 0 Å². The van der Waals surface area contributed by atoms with E-state index in [1.165, 1.54) is 12.8 Å². The van der Waals surface area contributed by atoms with Crippen LogP contribution in [0.25, 0.3) is 11.0 Å². The Labute approximate surface area is 88.9 Å². The number of nitrogens with one attached hydrogen (secondary N) is 2. The highest BCUT2D eigenvalue weighted by Gasteiger charge is 2.18. The molecule has 0 saturated carbocycles. The minimum absolute atomic E-state index is 0.561. The second kappa shape index (κ2) is 3.66. The van der Waals surface area contributed by atoms with Crippen LogP contribution in [0.2, 0.25) is 0 Å². The molecule has 78 valence electrons. The highest BCUT2D eigenvalue weighted by atomic mass is 15.0. The first-order valence-electron chi connectivity index (χ1n) is 5.59. The third-order valence-corrected chi connectivity index (χ3v) is 3.09. The summed E-state index contributed by atoms with van der Waals surface area (Å²) in [5, 5.41) is 3.42. The number of rotatable bonds is 1. The zero-order valence-electron chi connectivity index (χ0n) is 8.66. The number of nitrogens with zero attached hydrogens (tertiary/aromatic N) is 1. The quantitative estimate of drug-likeness (QED) is 0.741. The van der Waals surface area contributed by atoms with Gasteiger partial charge in [-0.05, 0) is 31.5 Å². The summed E-state index contributed by atoms with van der Waals surface area (Å²) in [6.07, 6.45) is 2.49. The molecule has 0 radical (unpaired) electrons. The van der Waals surface area contributed by atoms with Gasteiger partial charge in [-0.1, -0.05) is 12.1 Å². The molecular weight excluding hydrogens is 186 g/mol. The van der Waals surface area contributed by atoms with Crippen molar-refractivity contribution in [1.82, 2.24) is 15.3 Å². The lowest BCUT2D eigenvalue weighted by atomic mass is 9.99. The zero-order chi connectivity index (χ0) is 10.1. The predicted molar refractivity (Wildman–Crippen MR) is 60.9 cm³/mol. The van der Waals surface area contributed by atoms with Crippen molar-refractivity contribution in [1.29, 1.82) is 0 Å². The maximum absolute atomic E-state index is 4.64. The number of piperidine rings is 1. The molecule has 1 saturated heterocycles. The monoisotopic (exact) mass is 201 g/mol. The maximum atomic E-state index is 4.64. The second-order valence-electron chi connectivity index (χ2n) is 4.18. The Morgan fingerprint density at radius 3 is 3.00 bits per heavy atom. The molecule has 1 aromatic heterocycles. The Kier molecular flexibility index (Phi) is 2.18. The maximum Gasteiger partial charge on any atom is 0.111 e. The fourth-order valence-electron chi connectivity index (χ4n) is 2.25. The number of aromatic nitrogens is 2. The molecule has 1 aromatic carbocycles. The first kappa shape index (κ1) is 8.92. The Morgan fingerprint density at radius 2 is 2.20 bits per heavy atom. The molecule has 1 aliphatic rings. The van der Waals surface area contributed by atoms with Gasteiger partial charge in [-0.15, -0.1) is 0 Å². The van der Waals surface area contributed by atoms with Crippen molar-refractivity contribution in [3.05, 3.63) is 30.1 Å².